The maximum Gasteiger partial charge on any atom is 0.416 e. The van der Waals surface area contributed by atoms with Crippen LogP contribution in [-0.4, -0.2) is 37.0 Å². The molecular formula is C14H11Cl2F3N2O4S. The van der Waals surface area contributed by atoms with Crippen LogP contribution in [0.5, 0.6) is 0 Å². The van der Waals surface area contributed by atoms with Gasteiger partial charge in [-0.2, -0.15) is 18.3 Å². The standard InChI is InChI=1S/C14H11Cl2F3N2O4S/c1-3-25-13(22)11-10(26(2,23)24)6-21(20-11)12-8(15)4-7(5-9(12)16)14(17,18)19/h4-6H,3H2,1-2H3. The Morgan fingerprint density at radius 1 is 1.27 bits per heavy atom. The molecule has 26 heavy (non-hydrogen) atoms. The zero-order valence-electron chi connectivity index (χ0n) is 13.3. The second kappa shape index (κ2) is 7.09. The number of alkyl halides is 3. The third-order valence-corrected chi connectivity index (χ3v) is 4.80. The summed E-state index contributed by atoms with van der Waals surface area (Å²) in [7, 11) is -3.89. The van der Waals surface area contributed by atoms with Crippen molar-refractivity contribution in [3.8, 4) is 5.69 Å². The first kappa shape index (κ1) is 20.5. The van der Waals surface area contributed by atoms with Crippen molar-refractivity contribution in [2.24, 2.45) is 0 Å². The van der Waals surface area contributed by atoms with Crippen LogP contribution in [0.2, 0.25) is 10.0 Å². The topological polar surface area (TPSA) is 78.3 Å². The van der Waals surface area contributed by atoms with Crippen LogP contribution in [0, 0.1) is 0 Å². The van der Waals surface area contributed by atoms with Gasteiger partial charge in [0.2, 0.25) is 0 Å². The van der Waals surface area contributed by atoms with Crippen LogP contribution < -0.4 is 0 Å². The smallest absolute Gasteiger partial charge is 0.416 e. The lowest BCUT2D eigenvalue weighted by atomic mass is 10.2. The summed E-state index contributed by atoms with van der Waals surface area (Å²) in [5.41, 5.74) is -1.82. The predicted molar refractivity (Wildman–Crippen MR) is 87.7 cm³/mol. The molecule has 0 bridgehead atoms. The summed E-state index contributed by atoms with van der Waals surface area (Å²) >= 11 is 11.8. The lowest BCUT2D eigenvalue weighted by molar-refractivity contribution is -0.137. The summed E-state index contributed by atoms with van der Waals surface area (Å²) < 4.78 is 67.8. The van der Waals surface area contributed by atoms with Crippen LogP contribution in [0.3, 0.4) is 0 Å². The van der Waals surface area contributed by atoms with E-state index in [0.29, 0.717) is 12.1 Å². The summed E-state index contributed by atoms with van der Waals surface area (Å²) in [5.74, 6) is -1.01. The second-order valence-electron chi connectivity index (χ2n) is 5.07. The number of carbonyl (C=O) groups excluding carboxylic acids is 1. The monoisotopic (exact) mass is 430 g/mol. The van der Waals surface area contributed by atoms with Gasteiger partial charge in [-0.15, -0.1) is 0 Å². The minimum absolute atomic E-state index is 0.0311. The summed E-state index contributed by atoms with van der Waals surface area (Å²) in [5, 5.41) is 2.94. The Morgan fingerprint density at radius 2 is 1.81 bits per heavy atom. The molecule has 0 amide bonds. The lowest BCUT2D eigenvalue weighted by Gasteiger charge is -2.12. The maximum absolute atomic E-state index is 12.8. The molecule has 0 saturated carbocycles. The van der Waals surface area contributed by atoms with Crippen LogP contribution in [0.15, 0.2) is 23.2 Å². The Labute approximate surface area is 156 Å². The van der Waals surface area contributed by atoms with Gasteiger partial charge in [0.25, 0.3) is 0 Å². The third-order valence-electron chi connectivity index (χ3n) is 3.12. The highest BCUT2D eigenvalue weighted by Gasteiger charge is 2.33. The molecule has 12 heteroatoms. The fourth-order valence-corrected chi connectivity index (χ4v) is 3.46. The van der Waals surface area contributed by atoms with Crippen LogP contribution in [0.25, 0.3) is 5.69 Å². The van der Waals surface area contributed by atoms with Gasteiger partial charge in [0.15, 0.2) is 15.5 Å². The lowest BCUT2D eigenvalue weighted by Crippen LogP contribution is -2.11. The molecule has 1 heterocycles. The molecule has 2 aromatic rings. The van der Waals surface area contributed by atoms with Crippen molar-refractivity contribution in [3.63, 3.8) is 0 Å². The van der Waals surface area contributed by atoms with E-state index in [2.05, 4.69) is 5.10 Å². The van der Waals surface area contributed by atoms with E-state index < -0.39 is 48.2 Å². The highest BCUT2D eigenvalue weighted by molar-refractivity contribution is 7.90. The molecule has 0 spiro atoms. The van der Waals surface area contributed by atoms with Crippen molar-refractivity contribution in [3.05, 3.63) is 39.6 Å². The molecule has 0 N–H and O–H groups in total. The number of nitrogens with zero attached hydrogens (tertiary/aromatic N) is 2. The van der Waals surface area contributed by atoms with Gasteiger partial charge in [0, 0.05) is 6.26 Å². The summed E-state index contributed by atoms with van der Waals surface area (Å²) in [6.07, 6.45) is -2.90. The van der Waals surface area contributed by atoms with Gasteiger partial charge in [-0.25, -0.2) is 17.9 Å². The van der Waals surface area contributed by atoms with Crippen molar-refractivity contribution in [2.45, 2.75) is 18.0 Å². The van der Waals surface area contributed by atoms with Gasteiger partial charge in [-0.05, 0) is 19.1 Å². The van der Waals surface area contributed by atoms with E-state index >= 15 is 0 Å². The first-order valence-corrected chi connectivity index (χ1v) is 9.54. The second-order valence-corrected chi connectivity index (χ2v) is 7.86. The minimum Gasteiger partial charge on any atom is -0.461 e. The fraction of sp³-hybridized carbons (Fsp3) is 0.286. The number of benzene rings is 1. The van der Waals surface area contributed by atoms with Gasteiger partial charge in [0.05, 0.1) is 28.4 Å². The van der Waals surface area contributed by atoms with E-state index in [4.69, 9.17) is 27.9 Å². The number of halogens is 5. The van der Waals surface area contributed by atoms with Crippen molar-refractivity contribution in [1.82, 2.24) is 9.78 Å². The molecule has 0 atom stereocenters. The molecule has 0 aliphatic heterocycles. The largest absolute Gasteiger partial charge is 0.461 e. The highest BCUT2D eigenvalue weighted by Crippen LogP contribution is 2.37. The molecule has 2 rings (SSSR count). The van der Waals surface area contributed by atoms with E-state index in [-0.39, 0.29) is 12.3 Å². The van der Waals surface area contributed by atoms with Crippen LogP contribution >= 0.6 is 23.2 Å². The maximum atomic E-state index is 12.8. The van der Waals surface area contributed by atoms with Crippen LogP contribution in [0.1, 0.15) is 23.0 Å². The Kier molecular flexibility index (Phi) is 5.60. The number of hydrogen-bond donors (Lipinski definition) is 0. The number of aromatic nitrogens is 2. The molecule has 1 aromatic heterocycles. The first-order valence-electron chi connectivity index (χ1n) is 6.89. The van der Waals surface area contributed by atoms with Gasteiger partial charge >= 0.3 is 12.1 Å². The van der Waals surface area contributed by atoms with E-state index in [0.717, 1.165) is 17.1 Å². The van der Waals surface area contributed by atoms with E-state index in [1.54, 1.807) is 0 Å². The fourth-order valence-electron chi connectivity index (χ4n) is 2.03. The first-order chi connectivity index (χ1) is 11.9. The van der Waals surface area contributed by atoms with Crippen molar-refractivity contribution >= 4 is 39.0 Å². The zero-order chi connectivity index (χ0) is 19.9. The van der Waals surface area contributed by atoms with Gasteiger partial charge in [-0.1, -0.05) is 23.2 Å². The highest BCUT2D eigenvalue weighted by atomic mass is 35.5. The Bertz CT molecular complexity index is 948. The average molecular weight is 431 g/mol. The molecular weight excluding hydrogens is 420 g/mol. The summed E-state index contributed by atoms with van der Waals surface area (Å²) in [6, 6.07) is 1.24. The molecule has 6 nitrogen and oxygen atoms in total. The molecule has 1 aromatic carbocycles. The van der Waals surface area contributed by atoms with Crippen molar-refractivity contribution in [2.75, 3.05) is 12.9 Å². The molecule has 142 valence electrons. The molecule has 0 saturated heterocycles. The Morgan fingerprint density at radius 3 is 2.23 bits per heavy atom. The van der Waals surface area contributed by atoms with E-state index in [1.165, 1.54) is 6.92 Å². The number of ether oxygens (including phenoxy) is 1. The number of sulfone groups is 1. The quantitative estimate of drug-likeness (QED) is 0.689. The summed E-state index contributed by atoms with van der Waals surface area (Å²) in [4.78, 5) is 11.5. The summed E-state index contributed by atoms with van der Waals surface area (Å²) in [6.45, 7) is 1.48. The minimum atomic E-state index is -4.68. The van der Waals surface area contributed by atoms with Gasteiger partial charge < -0.3 is 4.74 Å². The molecule has 0 aliphatic rings. The predicted octanol–water partition coefficient (Wildman–Crippen LogP) is 3.78. The molecule has 0 radical (unpaired) electrons. The van der Waals surface area contributed by atoms with Gasteiger partial charge in [0.1, 0.15) is 10.6 Å². The van der Waals surface area contributed by atoms with Crippen LogP contribution in [-0.2, 0) is 20.8 Å². The molecule has 0 fully saturated rings. The average Bonchev–Trinajstić information content (AvgIpc) is 2.91. The molecule has 0 aliphatic carbocycles. The van der Waals surface area contributed by atoms with Crippen molar-refractivity contribution < 1.29 is 31.1 Å². The number of hydrogen-bond acceptors (Lipinski definition) is 5. The Balaban J connectivity index is 2.69. The van der Waals surface area contributed by atoms with Crippen LogP contribution in [0.4, 0.5) is 13.2 Å². The third kappa shape index (κ3) is 4.13. The zero-order valence-corrected chi connectivity index (χ0v) is 15.6. The van der Waals surface area contributed by atoms with Gasteiger partial charge in [-0.3, -0.25) is 0 Å². The Hall–Kier alpha value is -1.78. The number of esters is 1. The number of rotatable bonds is 4. The molecule has 0 unspecified atom stereocenters. The van der Waals surface area contributed by atoms with Crippen molar-refractivity contribution in [1.29, 1.82) is 0 Å². The van der Waals surface area contributed by atoms with E-state index in [9.17, 15) is 26.4 Å². The SMILES string of the molecule is CCOC(=O)c1nn(-c2c(Cl)cc(C(F)(F)F)cc2Cl)cc1S(C)(=O)=O. The normalized spacial score (nSPS) is 12.3. The number of carbonyl (C=O) groups is 1. The van der Waals surface area contributed by atoms with E-state index in [1.807, 2.05) is 0 Å².